The van der Waals surface area contributed by atoms with E-state index in [9.17, 15) is 38.4 Å². The summed E-state index contributed by atoms with van der Waals surface area (Å²) >= 11 is 0. The number of carbonyl (C=O) groups is 8. The van der Waals surface area contributed by atoms with Gasteiger partial charge in [0.05, 0.1) is 6.04 Å². The van der Waals surface area contributed by atoms with Crippen LogP contribution in [-0.4, -0.2) is 159 Å². The summed E-state index contributed by atoms with van der Waals surface area (Å²) in [5.41, 5.74) is 77.3. The Morgan fingerprint density at radius 3 is 0.838 bits per heavy atom. The van der Waals surface area contributed by atoms with Crippen molar-refractivity contribution in [1.82, 2.24) is 31.9 Å². The van der Waals surface area contributed by atoms with Gasteiger partial charge in [-0.25, -0.2) is 0 Å². The monoisotopic (exact) mass is 1050 g/mol. The quantitative estimate of drug-likeness (QED) is 0.0154. The van der Waals surface area contributed by atoms with Gasteiger partial charge in [-0.15, -0.1) is 0 Å². The molecule has 74 heavy (non-hydrogen) atoms. The van der Waals surface area contributed by atoms with Crippen molar-refractivity contribution in [3.63, 3.8) is 0 Å². The molecule has 0 bridgehead atoms. The minimum absolute atomic E-state index is 0.00625. The van der Waals surface area contributed by atoms with Crippen LogP contribution in [0.5, 0.6) is 0 Å². The maximum atomic E-state index is 14.2. The van der Waals surface area contributed by atoms with Crippen molar-refractivity contribution >= 4 is 77.1 Å². The van der Waals surface area contributed by atoms with Gasteiger partial charge in [0.25, 0.3) is 0 Å². The van der Waals surface area contributed by atoms with Gasteiger partial charge < -0.3 is 112 Å². The zero-order valence-electron chi connectivity index (χ0n) is 42.0. The number of unbranched alkanes of at least 4 members (excludes halogenated alkanes) is 1. The van der Waals surface area contributed by atoms with Gasteiger partial charge in [0.15, 0.2) is 29.8 Å². The number of hydrogen-bond donors (Lipinski definition) is 20. The lowest BCUT2D eigenvalue weighted by Crippen LogP contribution is -2.60. The van der Waals surface area contributed by atoms with Crippen LogP contribution >= 0.6 is 0 Å². The second-order valence-electron chi connectivity index (χ2n) is 16.9. The molecule has 0 spiro atoms. The van der Waals surface area contributed by atoms with Gasteiger partial charge >= 0.3 is 0 Å². The fraction of sp³-hybridized carbons (Fsp3) is 0.683. The van der Waals surface area contributed by atoms with E-state index < -0.39 is 102 Å². The first kappa shape index (κ1) is 66.0. The van der Waals surface area contributed by atoms with Crippen LogP contribution in [0.25, 0.3) is 0 Å². The number of rotatable bonds is 40. The van der Waals surface area contributed by atoms with E-state index in [1.54, 1.807) is 0 Å². The molecule has 0 aliphatic carbocycles. The molecule has 8 amide bonds. The van der Waals surface area contributed by atoms with Crippen LogP contribution in [0.15, 0.2) is 25.0 Å². The Kier molecular flexibility index (Phi) is 33.7. The highest BCUT2D eigenvalue weighted by Gasteiger charge is 2.33. The summed E-state index contributed by atoms with van der Waals surface area (Å²) in [5.74, 6) is -8.02. The van der Waals surface area contributed by atoms with Crippen molar-refractivity contribution in [2.24, 2.45) is 105 Å². The molecule has 34 N–H and O–H groups in total. The Hall–Kier alpha value is -7.97. The van der Waals surface area contributed by atoms with E-state index >= 15 is 0 Å². The SMILES string of the molecule is NCCCC[C@H](N)C(=O)N[C@@H](CCCN=C(N)N)C(=O)N[C@@H](CCCN=C(N)N)C(=O)N[C@@H](CCC(N)=O)C(=O)N[C@@H](CCCN=C(N)N)C(=O)N[C@@H](CCCN=C(N)N)C(=O)N[C@@H](CCCN=C(N)N)C(N)=O. The third-order valence-corrected chi connectivity index (χ3v) is 10.5. The van der Waals surface area contributed by atoms with Crippen LogP contribution in [0.1, 0.15) is 96.3 Å². The number of hydrogen-bond acceptors (Lipinski definition) is 15. The summed E-state index contributed by atoms with van der Waals surface area (Å²) < 4.78 is 0. The average Bonchev–Trinajstić information content (AvgIpc) is 3.31. The summed E-state index contributed by atoms with van der Waals surface area (Å²) in [7, 11) is 0. The lowest BCUT2D eigenvalue weighted by atomic mass is 10.0. The summed E-state index contributed by atoms with van der Waals surface area (Å²) in [6, 6.07) is -9.32. The van der Waals surface area contributed by atoms with E-state index in [2.05, 4.69) is 56.9 Å². The van der Waals surface area contributed by atoms with Crippen molar-refractivity contribution in [2.75, 3.05) is 39.3 Å². The molecule has 0 radical (unpaired) electrons. The molecule has 0 aromatic carbocycles. The number of nitrogens with two attached hydrogens (primary N) is 14. The Morgan fingerprint density at radius 1 is 0.324 bits per heavy atom. The van der Waals surface area contributed by atoms with Crippen LogP contribution in [0.2, 0.25) is 0 Å². The van der Waals surface area contributed by atoms with Gasteiger partial charge in [-0.2, -0.15) is 0 Å². The fourth-order valence-corrected chi connectivity index (χ4v) is 6.71. The van der Waals surface area contributed by atoms with Gasteiger partial charge in [-0.1, -0.05) is 6.42 Å². The van der Waals surface area contributed by atoms with Crippen LogP contribution in [-0.2, 0) is 38.4 Å². The van der Waals surface area contributed by atoms with Crippen LogP contribution < -0.4 is 112 Å². The van der Waals surface area contributed by atoms with E-state index in [-0.39, 0.29) is 133 Å². The molecule has 33 heteroatoms. The highest BCUT2D eigenvalue weighted by atomic mass is 16.2. The molecular formula is C41H83N25O8. The van der Waals surface area contributed by atoms with Crippen LogP contribution in [0.3, 0.4) is 0 Å². The normalized spacial score (nSPS) is 13.5. The first-order valence-electron chi connectivity index (χ1n) is 24.0. The first-order chi connectivity index (χ1) is 34.9. The molecule has 0 aliphatic heterocycles. The molecule has 0 rings (SSSR count). The van der Waals surface area contributed by atoms with Gasteiger partial charge in [-0.3, -0.25) is 63.3 Å². The predicted molar refractivity (Wildman–Crippen MR) is 280 cm³/mol. The number of aliphatic imine (C=N–C) groups is 5. The van der Waals surface area contributed by atoms with E-state index in [1.807, 2.05) is 0 Å². The smallest absolute Gasteiger partial charge is 0.243 e. The molecule has 0 aliphatic rings. The van der Waals surface area contributed by atoms with Crippen molar-refractivity contribution < 1.29 is 38.4 Å². The maximum absolute atomic E-state index is 14.2. The standard InChI is InChI=1S/C41H83N25O8/c42-16-2-1-8-22(43)31(69)62-24(10-4-18-57-38(48)49)33(71)64-27(13-7-21-60-41(54)55)35(73)66-28(14-15-29(44)67)36(74)65-26(12-6-20-59-40(52)53)34(72)63-25(11-5-19-58-39(50)51)32(70)61-23(30(45)68)9-3-17-56-37(46)47/h22-28H,1-21,42-43H2,(H2,44,67)(H2,45,68)(H,61,70)(H,62,69)(H,63,72)(H,64,71)(H,65,74)(H,66,73)(H4,46,47,56)(H4,48,49,57)(H4,50,51,58)(H4,52,53,59)(H4,54,55,60)/t22-,23-,24-,25-,26-,27-,28-/m0/s1. The third kappa shape index (κ3) is 32.1. The predicted octanol–water partition coefficient (Wildman–Crippen LogP) is -9.63. The van der Waals surface area contributed by atoms with E-state index in [0.29, 0.717) is 19.4 Å². The molecular weight excluding hydrogens is 971 g/mol. The summed E-state index contributed by atoms with van der Waals surface area (Å²) in [5, 5.41) is 15.5. The zero-order valence-corrected chi connectivity index (χ0v) is 42.0. The molecule has 0 fully saturated rings. The molecule has 0 saturated carbocycles. The molecule has 420 valence electrons. The van der Waals surface area contributed by atoms with Crippen molar-refractivity contribution in [3.8, 4) is 0 Å². The van der Waals surface area contributed by atoms with Gasteiger partial charge in [0.1, 0.15) is 36.3 Å². The fourth-order valence-electron chi connectivity index (χ4n) is 6.71. The summed E-state index contributed by atoms with van der Waals surface area (Å²) in [6.45, 7) is 0.624. The highest BCUT2D eigenvalue weighted by Crippen LogP contribution is 2.10. The summed E-state index contributed by atoms with van der Waals surface area (Å²) in [6.07, 6.45) is 1.01. The highest BCUT2D eigenvalue weighted by molar-refractivity contribution is 5.97. The average molecular weight is 1050 g/mol. The Balaban J connectivity index is 7.01. The minimum atomic E-state index is -1.59. The number of primary amides is 2. The van der Waals surface area contributed by atoms with E-state index in [4.69, 9.17) is 80.3 Å². The van der Waals surface area contributed by atoms with Crippen molar-refractivity contribution in [2.45, 2.75) is 139 Å². The largest absolute Gasteiger partial charge is 0.370 e. The molecule has 0 unspecified atom stereocenters. The Labute approximate surface area is 429 Å². The number of nitrogens with one attached hydrogen (secondary N) is 6. The number of carbonyl (C=O) groups excluding carboxylic acids is 8. The molecule has 0 aromatic heterocycles. The van der Waals surface area contributed by atoms with Crippen LogP contribution in [0, 0.1) is 0 Å². The number of nitrogens with zero attached hydrogens (tertiary/aromatic N) is 5. The van der Waals surface area contributed by atoms with E-state index in [0.717, 1.165) is 0 Å². The molecule has 0 aromatic rings. The number of amides is 8. The molecule has 0 saturated heterocycles. The summed E-state index contributed by atoms with van der Waals surface area (Å²) in [4.78, 5) is 127. The topological polar surface area (TPSA) is 635 Å². The van der Waals surface area contributed by atoms with Gasteiger partial charge in [0.2, 0.25) is 47.3 Å². The van der Waals surface area contributed by atoms with Gasteiger partial charge in [0, 0.05) is 39.1 Å². The van der Waals surface area contributed by atoms with Crippen molar-refractivity contribution in [3.05, 3.63) is 0 Å². The van der Waals surface area contributed by atoms with E-state index in [1.165, 1.54) is 0 Å². The maximum Gasteiger partial charge on any atom is 0.243 e. The number of guanidine groups is 5. The van der Waals surface area contributed by atoms with Crippen LogP contribution in [0.4, 0.5) is 0 Å². The third-order valence-electron chi connectivity index (χ3n) is 10.5. The molecule has 33 nitrogen and oxygen atoms in total. The molecule has 0 heterocycles. The lowest BCUT2D eigenvalue weighted by Gasteiger charge is -2.28. The van der Waals surface area contributed by atoms with Crippen molar-refractivity contribution in [1.29, 1.82) is 0 Å². The first-order valence-corrected chi connectivity index (χ1v) is 24.0. The minimum Gasteiger partial charge on any atom is -0.370 e. The molecule has 7 atom stereocenters. The Bertz CT molecular complexity index is 1950. The Morgan fingerprint density at radius 2 is 0.581 bits per heavy atom. The second-order valence-corrected chi connectivity index (χ2v) is 16.9. The van der Waals surface area contributed by atoms with Gasteiger partial charge in [-0.05, 0) is 90.0 Å². The lowest BCUT2D eigenvalue weighted by molar-refractivity contribution is -0.136. The zero-order chi connectivity index (χ0) is 56.2. The second kappa shape index (κ2) is 37.8.